The van der Waals surface area contributed by atoms with Crippen molar-refractivity contribution in [2.24, 2.45) is 0 Å². The molecule has 27 heavy (non-hydrogen) atoms. The third kappa shape index (κ3) is 6.61. The first-order valence-electron chi connectivity index (χ1n) is 9.42. The van der Waals surface area contributed by atoms with Crippen LogP contribution in [0.2, 0.25) is 0 Å². The molecular formula is C22H29NO4. The summed E-state index contributed by atoms with van der Waals surface area (Å²) in [7, 11) is 1.65. The van der Waals surface area contributed by atoms with Crippen LogP contribution in [0.3, 0.4) is 0 Å². The van der Waals surface area contributed by atoms with E-state index in [1.807, 2.05) is 43.3 Å². The molecule has 5 heteroatoms. The van der Waals surface area contributed by atoms with Gasteiger partial charge in [-0.3, -0.25) is 4.79 Å². The van der Waals surface area contributed by atoms with Crippen molar-refractivity contribution < 1.29 is 19.0 Å². The van der Waals surface area contributed by atoms with Crippen molar-refractivity contribution >= 4 is 5.91 Å². The van der Waals surface area contributed by atoms with Crippen molar-refractivity contribution in [3.63, 3.8) is 0 Å². The SMILES string of the molecule is CCCOCc1cc(C(=O)NCCc2ccc(OC)cc2)ccc1OCC. The number of ether oxygens (including phenoxy) is 3. The number of carbonyl (C=O) groups excluding carboxylic acids is 1. The van der Waals surface area contributed by atoms with Gasteiger partial charge in [0.15, 0.2) is 0 Å². The molecule has 0 unspecified atom stereocenters. The lowest BCUT2D eigenvalue weighted by atomic mass is 10.1. The lowest BCUT2D eigenvalue weighted by molar-refractivity contribution is 0.0953. The summed E-state index contributed by atoms with van der Waals surface area (Å²) in [5, 5.41) is 2.97. The third-order valence-corrected chi connectivity index (χ3v) is 4.09. The Hall–Kier alpha value is -2.53. The summed E-state index contributed by atoms with van der Waals surface area (Å²) in [5.74, 6) is 1.50. The van der Waals surface area contributed by atoms with Crippen molar-refractivity contribution in [1.82, 2.24) is 5.32 Å². The van der Waals surface area contributed by atoms with Crippen LogP contribution in [0.25, 0.3) is 0 Å². The minimum absolute atomic E-state index is 0.0942. The topological polar surface area (TPSA) is 56.8 Å². The van der Waals surface area contributed by atoms with E-state index in [-0.39, 0.29) is 5.91 Å². The minimum atomic E-state index is -0.0942. The molecule has 0 aliphatic rings. The van der Waals surface area contributed by atoms with Crippen LogP contribution in [-0.2, 0) is 17.8 Å². The van der Waals surface area contributed by atoms with Crippen molar-refractivity contribution in [1.29, 1.82) is 0 Å². The Labute approximate surface area is 161 Å². The van der Waals surface area contributed by atoms with Gasteiger partial charge in [-0.15, -0.1) is 0 Å². The maximum absolute atomic E-state index is 12.5. The molecule has 1 N–H and O–H groups in total. The second kappa shape index (κ2) is 11.2. The molecule has 0 aromatic heterocycles. The molecule has 0 heterocycles. The molecule has 0 bridgehead atoms. The van der Waals surface area contributed by atoms with Gasteiger partial charge >= 0.3 is 0 Å². The Morgan fingerprint density at radius 3 is 2.52 bits per heavy atom. The first-order chi connectivity index (χ1) is 13.2. The summed E-state index contributed by atoms with van der Waals surface area (Å²) in [4.78, 5) is 12.5. The highest BCUT2D eigenvalue weighted by Gasteiger charge is 2.11. The van der Waals surface area contributed by atoms with Gasteiger partial charge < -0.3 is 19.5 Å². The second-order valence-electron chi connectivity index (χ2n) is 6.16. The molecule has 0 spiro atoms. The second-order valence-corrected chi connectivity index (χ2v) is 6.16. The predicted octanol–water partition coefficient (Wildman–Crippen LogP) is 3.99. The molecule has 2 rings (SSSR count). The van der Waals surface area contributed by atoms with Crippen LogP contribution < -0.4 is 14.8 Å². The summed E-state index contributed by atoms with van der Waals surface area (Å²) in [6, 6.07) is 13.3. The first kappa shape index (κ1) is 20.8. The molecule has 146 valence electrons. The van der Waals surface area contributed by atoms with E-state index in [1.54, 1.807) is 13.2 Å². The zero-order valence-corrected chi connectivity index (χ0v) is 16.4. The quantitative estimate of drug-likeness (QED) is 0.607. The van der Waals surface area contributed by atoms with Crippen molar-refractivity contribution in [2.45, 2.75) is 33.3 Å². The molecule has 0 aliphatic heterocycles. The average molecular weight is 371 g/mol. The fourth-order valence-electron chi connectivity index (χ4n) is 2.67. The van der Waals surface area contributed by atoms with E-state index in [1.165, 1.54) is 0 Å². The van der Waals surface area contributed by atoms with E-state index in [4.69, 9.17) is 14.2 Å². The van der Waals surface area contributed by atoms with Crippen LogP contribution in [0.15, 0.2) is 42.5 Å². The number of carbonyl (C=O) groups is 1. The number of benzene rings is 2. The molecule has 2 aromatic carbocycles. The van der Waals surface area contributed by atoms with Gasteiger partial charge in [0.25, 0.3) is 5.91 Å². The predicted molar refractivity (Wildman–Crippen MR) is 107 cm³/mol. The molecule has 0 fully saturated rings. The molecule has 0 radical (unpaired) electrons. The van der Waals surface area contributed by atoms with E-state index in [2.05, 4.69) is 12.2 Å². The minimum Gasteiger partial charge on any atom is -0.497 e. The molecule has 0 atom stereocenters. The zero-order valence-electron chi connectivity index (χ0n) is 16.4. The Kier molecular flexibility index (Phi) is 8.65. The largest absolute Gasteiger partial charge is 0.497 e. The van der Waals surface area contributed by atoms with Gasteiger partial charge in [-0.1, -0.05) is 19.1 Å². The van der Waals surface area contributed by atoms with Crippen LogP contribution >= 0.6 is 0 Å². The highest BCUT2D eigenvalue weighted by atomic mass is 16.5. The van der Waals surface area contributed by atoms with Gasteiger partial charge in [0.1, 0.15) is 11.5 Å². The van der Waals surface area contributed by atoms with Gasteiger partial charge in [-0.2, -0.15) is 0 Å². The van der Waals surface area contributed by atoms with Gasteiger partial charge in [-0.05, 0) is 55.7 Å². The maximum atomic E-state index is 12.5. The smallest absolute Gasteiger partial charge is 0.251 e. The molecule has 1 amide bonds. The molecule has 0 saturated heterocycles. The maximum Gasteiger partial charge on any atom is 0.251 e. The number of methoxy groups -OCH3 is 1. The fourth-order valence-corrected chi connectivity index (χ4v) is 2.67. The van der Waals surface area contributed by atoms with Crippen LogP contribution in [0.5, 0.6) is 11.5 Å². The number of nitrogens with one attached hydrogen (secondary N) is 1. The van der Waals surface area contributed by atoms with Gasteiger partial charge in [0.05, 0.1) is 20.3 Å². The van der Waals surface area contributed by atoms with E-state index in [0.717, 1.165) is 35.5 Å². The lowest BCUT2D eigenvalue weighted by Crippen LogP contribution is -2.25. The van der Waals surface area contributed by atoms with Crippen LogP contribution in [0.1, 0.15) is 41.8 Å². The Morgan fingerprint density at radius 2 is 1.85 bits per heavy atom. The van der Waals surface area contributed by atoms with E-state index in [9.17, 15) is 4.79 Å². The highest BCUT2D eigenvalue weighted by Crippen LogP contribution is 2.21. The van der Waals surface area contributed by atoms with Gasteiger partial charge in [0, 0.05) is 24.3 Å². The number of hydrogen-bond donors (Lipinski definition) is 1. The van der Waals surface area contributed by atoms with Crippen LogP contribution in [0.4, 0.5) is 0 Å². The van der Waals surface area contributed by atoms with Crippen molar-refractivity contribution in [2.75, 3.05) is 26.9 Å². The summed E-state index contributed by atoms with van der Waals surface area (Å²) < 4.78 is 16.4. The van der Waals surface area contributed by atoms with Gasteiger partial charge in [-0.25, -0.2) is 0 Å². The van der Waals surface area contributed by atoms with Crippen LogP contribution in [-0.4, -0.2) is 32.8 Å². The summed E-state index contributed by atoms with van der Waals surface area (Å²) in [6.45, 7) is 6.28. The number of rotatable bonds is 11. The molecule has 2 aromatic rings. The first-order valence-corrected chi connectivity index (χ1v) is 9.42. The fraction of sp³-hybridized carbons (Fsp3) is 0.409. The molecule has 0 aliphatic carbocycles. The van der Waals surface area contributed by atoms with E-state index >= 15 is 0 Å². The Morgan fingerprint density at radius 1 is 1.07 bits per heavy atom. The molecular weight excluding hydrogens is 342 g/mol. The van der Waals surface area contributed by atoms with Crippen molar-refractivity contribution in [3.8, 4) is 11.5 Å². The zero-order chi connectivity index (χ0) is 19.5. The molecule has 0 saturated carbocycles. The lowest BCUT2D eigenvalue weighted by Gasteiger charge is -2.13. The third-order valence-electron chi connectivity index (χ3n) is 4.09. The summed E-state index contributed by atoms with van der Waals surface area (Å²) >= 11 is 0. The molecule has 5 nitrogen and oxygen atoms in total. The number of amides is 1. The van der Waals surface area contributed by atoms with Gasteiger partial charge in [0.2, 0.25) is 0 Å². The van der Waals surface area contributed by atoms with Crippen LogP contribution in [0, 0.1) is 0 Å². The Balaban J connectivity index is 1.94. The van der Waals surface area contributed by atoms with E-state index in [0.29, 0.717) is 31.9 Å². The normalized spacial score (nSPS) is 10.5. The van der Waals surface area contributed by atoms with Crippen molar-refractivity contribution in [3.05, 3.63) is 59.2 Å². The summed E-state index contributed by atoms with van der Waals surface area (Å²) in [6.07, 6.45) is 1.72. The Bertz CT molecular complexity index is 713. The number of hydrogen-bond acceptors (Lipinski definition) is 4. The standard InChI is InChI=1S/C22H29NO4/c1-4-14-26-16-19-15-18(8-11-21(19)27-5-2)22(24)23-13-12-17-6-9-20(25-3)10-7-17/h6-11,15H,4-5,12-14,16H2,1-3H3,(H,23,24). The van der Waals surface area contributed by atoms with E-state index < -0.39 is 0 Å². The summed E-state index contributed by atoms with van der Waals surface area (Å²) in [5.41, 5.74) is 2.66. The average Bonchev–Trinajstić information content (AvgIpc) is 2.70. The highest BCUT2D eigenvalue weighted by molar-refractivity contribution is 5.94. The monoisotopic (exact) mass is 371 g/mol.